The molecule has 0 saturated heterocycles. The molecule has 0 unspecified atom stereocenters. The normalized spacial score (nSPS) is 11.9. The Kier molecular flexibility index (Phi) is 4.23. The average molecular weight is 408 g/mol. The molecular weight excluding hydrogens is 397 g/mol. The van der Waals surface area contributed by atoms with Gasteiger partial charge in [-0.1, -0.05) is 23.5 Å². The molecule has 2 amide bonds. The molecule has 5 nitrogen and oxygen atoms in total. The molecule has 27 heavy (non-hydrogen) atoms. The number of rotatable bonds is 2. The van der Waals surface area contributed by atoms with Crippen LogP contribution in [0.1, 0.15) is 10.6 Å². The van der Waals surface area contributed by atoms with Crippen molar-refractivity contribution in [1.82, 2.24) is 9.97 Å². The quantitative estimate of drug-likeness (QED) is 0.435. The molecule has 2 aromatic carbocycles. The van der Waals surface area contributed by atoms with E-state index in [0.29, 0.717) is 10.6 Å². The summed E-state index contributed by atoms with van der Waals surface area (Å²) < 4.78 is 40.9. The Bertz CT molecular complexity index is 1170. The molecule has 0 radical (unpaired) electrons. The fraction of sp³-hybridized carbons (Fsp3) is 0.118. The van der Waals surface area contributed by atoms with Crippen molar-refractivity contribution in [3.63, 3.8) is 0 Å². The van der Waals surface area contributed by atoms with Gasteiger partial charge in [-0.3, -0.25) is 5.32 Å². The number of fused-ring (bicyclic) bond motifs is 3. The average Bonchev–Trinajstić information content (AvgIpc) is 3.16. The molecule has 0 atom stereocenters. The number of hydrogen-bond donors (Lipinski definition) is 2. The molecule has 10 heteroatoms. The van der Waals surface area contributed by atoms with E-state index in [1.807, 2.05) is 13.0 Å². The molecule has 0 aliphatic heterocycles. The number of para-hydroxylation sites is 1. The van der Waals surface area contributed by atoms with Crippen LogP contribution < -0.4 is 10.6 Å². The minimum absolute atomic E-state index is 0.297. The second-order valence-electron chi connectivity index (χ2n) is 5.64. The second kappa shape index (κ2) is 6.46. The highest BCUT2D eigenvalue weighted by molar-refractivity contribution is 7.28. The fourth-order valence-corrected chi connectivity index (χ4v) is 4.63. The monoisotopic (exact) mass is 408 g/mol. The Morgan fingerprint density at radius 3 is 2.37 bits per heavy atom. The molecule has 0 fully saturated rings. The van der Waals surface area contributed by atoms with Gasteiger partial charge in [0.2, 0.25) is 0 Å². The van der Waals surface area contributed by atoms with E-state index < -0.39 is 17.8 Å². The number of thiazole rings is 2. The van der Waals surface area contributed by atoms with Crippen LogP contribution in [0.25, 0.3) is 20.4 Å². The number of benzene rings is 2. The molecule has 4 rings (SSSR count). The summed E-state index contributed by atoms with van der Waals surface area (Å²) in [7, 11) is 0. The lowest BCUT2D eigenvalue weighted by Crippen LogP contribution is -2.21. The van der Waals surface area contributed by atoms with Crippen molar-refractivity contribution >= 4 is 60.0 Å². The summed E-state index contributed by atoms with van der Waals surface area (Å²) in [5.41, 5.74) is 0.321. The van der Waals surface area contributed by atoms with Crippen LogP contribution in [-0.4, -0.2) is 16.0 Å². The zero-order chi connectivity index (χ0) is 19.2. The van der Waals surface area contributed by atoms with Crippen LogP contribution in [0.2, 0.25) is 0 Å². The summed E-state index contributed by atoms with van der Waals surface area (Å²) in [6.07, 6.45) is -4.56. The molecule has 0 saturated carbocycles. The topological polar surface area (TPSA) is 66.9 Å². The van der Waals surface area contributed by atoms with Crippen LogP contribution in [0.5, 0.6) is 0 Å². The van der Waals surface area contributed by atoms with Gasteiger partial charge in [0, 0.05) is 0 Å². The number of carbonyl (C=O) groups excluding carboxylic acids is 1. The number of aromatic nitrogens is 2. The number of alkyl halides is 3. The minimum atomic E-state index is -4.56. The third-order valence-electron chi connectivity index (χ3n) is 3.72. The van der Waals surface area contributed by atoms with E-state index in [0.717, 1.165) is 26.0 Å². The van der Waals surface area contributed by atoms with Crippen molar-refractivity contribution in [2.24, 2.45) is 0 Å². The maximum Gasteiger partial charge on any atom is 0.418 e. The highest BCUT2D eigenvalue weighted by Gasteiger charge is 2.33. The van der Waals surface area contributed by atoms with E-state index >= 15 is 0 Å². The summed E-state index contributed by atoms with van der Waals surface area (Å²) in [6.45, 7) is 1.90. The van der Waals surface area contributed by atoms with E-state index in [9.17, 15) is 18.0 Å². The third-order valence-corrected chi connectivity index (χ3v) is 5.86. The van der Waals surface area contributed by atoms with Crippen molar-refractivity contribution in [3.8, 4) is 0 Å². The van der Waals surface area contributed by atoms with E-state index in [2.05, 4.69) is 20.6 Å². The molecule has 4 aromatic rings. The van der Waals surface area contributed by atoms with Crippen LogP contribution in [0.4, 0.5) is 28.8 Å². The molecule has 2 N–H and O–H groups in total. The molecule has 2 heterocycles. The van der Waals surface area contributed by atoms with Crippen LogP contribution in [0.3, 0.4) is 0 Å². The fourth-order valence-electron chi connectivity index (χ4n) is 2.63. The summed E-state index contributed by atoms with van der Waals surface area (Å²) >= 11 is 2.78. The smallest absolute Gasteiger partial charge is 0.307 e. The number of hydrogen-bond acceptors (Lipinski definition) is 5. The molecular formula is C17H11F3N4OS2. The van der Waals surface area contributed by atoms with Gasteiger partial charge in [0.05, 0.1) is 36.7 Å². The van der Waals surface area contributed by atoms with Crippen LogP contribution in [0, 0.1) is 6.92 Å². The highest BCUT2D eigenvalue weighted by atomic mass is 32.1. The standard InChI is InChI=1S/C17H11F3N4OS2/c1-8-21-11-6-7-12-14(13(11)26-8)27-16(23-12)24-15(25)22-10-5-3-2-4-9(10)17(18,19)20/h2-7H,1H3,(H2,22,23,24,25). The van der Waals surface area contributed by atoms with E-state index in [1.54, 1.807) is 6.07 Å². The predicted octanol–water partition coefficient (Wildman–Crippen LogP) is 5.88. The lowest BCUT2D eigenvalue weighted by Gasteiger charge is -2.13. The summed E-state index contributed by atoms with van der Waals surface area (Å²) in [6, 6.07) is 7.66. The van der Waals surface area contributed by atoms with Crippen molar-refractivity contribution in [1.29, 1.82) is 0 Å². The molecule has 2 aromatic heterocycles. The van der Waals surface area contributed by atoms with Gasteiger partial charge < -0.3 is 5.32 Å². The molecule has 0 aliphatic carbocycles. The summed E-state index contributed by atoms with van der Waals surface area (Å²) in [4.78, 5) is 20.9. The maximum absolute atomic E-state index is 13.0. The number of halogens is 3. The highest BCUT2D eigenvalue weighted by Crippen LogP contribution is 2.36. The van der Waals surface area contributed by atoms with Crippen molar-refractivity contribution < 1.29 is 18.0 Å². The number of nitrogens with zero attached hydrogens (tertiary/aromatic N) is 2. The number of anilines is 2. The van der Waals surface area contributed by atoms with Gasteiger partial charge in [-0.05, 0) is 31.2 Å². The Morgan fingerprint density at radius 2 is 1.63 bits per heavy atom. The maximum atomic E-state index is 13.0. The van der Waals surface area contributed by atoms with Gasteiger partial charge in [0.15, 0.2) is 5.13 Å². The number of nitrogens with one attached hydrogen (secondary N) is 2. The van der Waals surface area contributed by atoms with Crippen LogP contribution >= 0.6 is 22.7 Å². The Morgan fingerprint density at radius 1 is 0.963 bits per heavy atom. The van der Waals surface area contributed by atoms with Gasteiger partial charge in [-0.2, -0.15) is 13.2 Å². The molecule has 0 spiro atoms. The van der Waals surface area contributed by atoms with Gasteiger partial charge in [0.1, 0.15) is 0 Å². The third kappa shape index (κ3) is 3.45. The van der Waals surface area contributed by atoms with Gasteiger partial charge >= 0.3 is 12.2 Å². The minimum Gasteiger partial charge on any atom is -0.307 e. The van der Waals surface area contributed by atoms with Crippen molar-refractivity contribution in [2.45, 2.75) is 13.1 Å². The second-order valence-corrected chi connectivity index (χ2v) is 7.84. The first kappa shape index (κ1) is 17.7. The molecule has 0 bridgehead atoms. The zero-order valence-electron chi connectivity index (χ0n) is 13.7. The molecule has 0 aliphatic rings. The Hall–Kier alpha value is -2.72. The van der Waals surface area contributed by atoms with E-state index in [4.69, 9.17) is 0 Å². The largest absolute Gasteiger partial charge is 0.418 e. The first-order valence-electron chi connectivity index (χ1n) is 7.72. The van der Waals surface area contributed by atoms with Gasteiger partial charge in [-0.25, -0.2) is 14.8 Å². The number of urea groups is 1. The first-order chi connectivity index (χ1) is 12.8. The number of aryl methyl sites for hydroxylation is 1. The van der Waals surface area contributed by atoms with Gasteiger partial charge in [0.25, 0.3) is 0 Å². The Labute approximate surface area is 158 Å². The van der Waals surface area contributed by atoms with Crippen molar-refractivity contribution in [3.05, 3.63) is 47.0 Å². The molecule has 138 valence electrons. The number of amides is 2. The first-order valence-corrected chi connectivity index (χ1v) is 9.35. The Balaban J connectivity index is 1.60. The summed E-state index contributed by atoms with van der Waals surface area (Å²) in [5.74, 6) is 0. The predicted molar refractivity (Wildman–Crippen MR) is 102 cm³/mol. The van der Waals surface area contributed by atoms with Crippen molar-refractivity contribution in [2.75, 3.05) is 10.6 Å². The van der Waals surface area contributed by atoms with Gasteiger partial charge in [-0.15, -0.1) is 11.3 Å². The summed E-state index contributed by atoms with van der Waals surface area (Å²) in [5, 5.41) is 5.96. The van der Waals surface area contributed by atoms with Crippen LogP contribution in [-0.2, 0) is 6.18 Å². The van der Waals surface area contributed by atoms with E-state index in [1.165, 1.54) is 40.9 Å². The van der Waals surface area contributed by atoms with E-state index in [-0.39, 0.29) is 5.69 Å². The van der Waals surface area contributed by atoms with Crippen LogP contribution in [0.15, 0.2) is 36.4 Å². The lowest BCUT2D eigenvalue weighted by atomic mass is 10.1. The number of carbonyl (C=O) groups is 1. The lowest BCUT2D eigenvalue weighted by molar-refractivity contribution is -0.136. The zero-order valence-corrected chi connectivity index (χ0v) is 15.4. The SMILES string of the molecule is Cc1nc2ccc3nc(NC(=O)Nc4ccccc4C(F)(F)F)sc3c2s1.